The topological polar surface area (TPSA) is 30.7 Å². The Morgan fingerprint density at radius 2 is 1.63 bits per heavy atom. The van der Waals surface area contributed by atoms with Crippen LogP contribution in [0.1, 0.15) is 25.0 Å². The Morgan fingerprint density at radius 1 is 0.767 bits per heavy atom. The molecule has 0 N–H and O–H groups in total. The van der Waals surface area contributed by atoms with Gasteiger partial charge in [-0.25, -0.2) is 4.98 Å². The zero-order valence-electron chi connectivity index (χ0n) is 17.0. The average molecular weight is 387 g/mol. The smallest absolute Gasteiger partial charge is 0.137 e. The molecular formula is C27H21N3. The van der Waals surface area contributed by atoms with Crippen molar-refractivity contribution in [2.45, 2.75) is 19.3 Å². The first-order valence-corrected chi connectivity index (χ1v) is 10.3. The minimum atomic E-state index is 0.0197. The van der Waals surface area contributed by atoms with E-state index in [0.29, 0.717) is 0 Å². The van der Waals surface area contributed by atoms with Crippen molar-refractivity contribution in [3.05, 3.63) is 103 Å². The molecule has 0 saturated heterocycles. The number of hydrogen-bond acceptors (Lipinski definition) is 2. The average Bonchev–Trinajstić information content (AvgIpc) is 3.32. The Kier molecular flexibility index (Phi) is 3.51. The Bertz CT molecular complexity index is 1390. The molecule has 5 aromatic rings. The van der Waals surface area contributed by atoms with Crippen LogP contribution in [-0.4, -0.2) is 14.5 Å². The third-order valence-electron chi connectivity index (χ3n) is 6.40. The minimum Gasteiger partial charge on any atom is -0.301 e. The largest absolute Gasteiger partial charge is 0.301 e. The second-order valence-electron chi connectivity index (χ2n) is 8.42. The Balaban J connectivity index is 1.50. The monoisotopic (exact) mass is 387 g/mol. The summed E-state index contributed by atoms with van der Waals surface area (Å²) < 4.78 is 2.18. The van der Waals surface area contributed by atoms with Crippen LogP contribution in [0.25, 0.3) is 39.0 Å². The number of rotatable bonds is 2. The fourth-order valence-electron chi connectivity index (χ4n) is 4.85. The maximum Gasteiger partial charge on any atom is 0.137 e. The molecule has 1 aliphatic carbocycles. The summed E-state index contributed by atoms with van der Waals surface area (Å²) in [5.74, 6) is 0.920. The van der Waals surface area contributed by atoms with Crippen LogP contribution in [0.3, 0.4) is 0 Å². The number of nitrogens with zero attached hydrogens (tertiary/aromatic N) is 3. The van der Waals surface area contributed by atoms with E-state index in [0.717, 1.165) is 16.9 Å². The highest BCUT2D eigenvalue weighted by Crippen LogP contribution is 2.51. The molecule has 1 aliphatic rings. The van der Waals surface area contributed by atoms with Gasteiger partial charge in [-0.1, -0.05) is 50.2 Å². The van der Waals surface area contributed by atoms with E-state index in [1.807, 2.05) is 18.5 Å². The van der Waals surface area contributed by atoms with E-state index in [2.05, 4.69) is 90.3 Å². The van der Waals surface area contributed by atoms with Crippen molar-refractivity contribution in [3.63, 3.8) is 0 Å². The fraction of sp³-hybridized carbons (Fsp3) is 0.111. The van der Waals surface area contributed by atoms with E-state index in [-0.39, 0.29) is 5.41 Å². The summed E-state index contributed by atoms with van der Waals surface area (Å²) in [4.78, 5) is 8.95. The van der Waals surface area contributed by atoms with Gasteiger partial charge in [-0.05, 0) is 52.6 Å². The van der Waals surface area contributed by atoms with E-state index in [1.54, 1.807) is 6.20 Å². The van der Waals surface area contributed by atoms with Gasteiger partial charge in [-0.3, -0.25) is 4.98 Å². The highest BCUT2D eigenvalue weighted by Gasteiger charge is 2.36. The normalized spacial score (nSPS) is 13.9. The summed E-state index contributed by atoms with van der Waals surface area (Å²) in [7, 11) is 0. The maximum absolute atomic E-state index is 4.75. The molecular weight excluding hydrogens is 366 g/mol. The van der Waals surface area contributed by atoms with Gasteiger partial charge in [0, 0.05) is 46.7 Å². The third kappa shape index (κ3) is 2.32. The van der Waals surface area contributed by atoms with Crippen molar-refractivity contribution in [2.75, 3.05) is 0 Å². The number of aromatic nitrogens is 3. The van der Waals surface area contributed by atoms with Crippen LogP contribution in [0.4, 0.5) is 0 Å². The second kappa shape index (κ2) is 6.14. The quantitative estimate of drug-likeness (QED) is 0.351. The van der Waals surface area contributed by atoms with Crippen LogP contribution in [0.15, 0.2) is 91.5 Å². The number of benzene rings is 2. The molecule has 3 nitrogen and oxygen atoms in total. The number of hydrogen-bond donors (Lipinski definition) is 0. The van der Waals surface area contributed by atoms with Crippen molar-refractivity contribution in [1.82, 2.24) is 14.5 Å². The first-order chi connectivity index (χ1) is 14.6. The van der Waals surface area contributed by atoms with Crippen molar-refractivity contribution in [1.29, 1.82) is 0 Å². The third-order valence-corrected chi connectivity index (χ3v) is 6.40. The lowest BCUT2D eigenvalue weighted by Crippen LogP contribution is -2.14. The Morgan fingerprint density at radius 3 is 2.43 bits per heavy atom. The van der Waals surface area contributed by atoms with Crippen molar-refractivity contribution in [2.24, 2.45) is 0 Å². The molecule has 0 amide bonds. The summed E-state index contributed by atoms with van der Waals surface area (Å²) in [6.45, 7) is 4.64. The summed E-state index contributed by atoms with van der Waals surface area (Å²) >= 11 is 0. The van der Waals surface area contributed by atoms with Gasteiger partial charge in [0.25, 0.3) is 0 Å². The molecule has 2 aromatic carbocycles. The predicted molar refractivity (Wildman–Crippen MR) is 122 cm³/mol. The van der Waals surface area contributed by atoms with Crippen LogP contribution in [0.5, 0.6) is 0 Å². The molecule has 0 radical (unpaired) electrons. The lowest BCUT2D eigenvalue weighted by molar-refractivity contribution is 0.661. The van der Waals surface area contributed by atoms with Gasteiger partial charge < -0.3 is 4.57 Å². The van der Waals surface area contributed by atoms with Gasteiger partial charge in [-0.2, -0.15) is 0 Å². The van der Waals surface area contributed by atoms with Gasteiger partial charge in [0.1, 0.15) is 5.82 Å². The van der Waals surface area contributed by atoms with Gasteiger partial charge in [0.2, 0.25) is 0 Å². The molecule has 6 rings (SSSR count). The van der Waals surface area contributed by atoms with Gasteiger partial charge in [0.05, 0.1) is 5.52 Å². The van der Waals surface area contributed by atoms with Gasteiger partial charge >= 0.3 is 0 Å². The molecule has 0 spiro atoms. The van der Waals surface area contributed by atoms with Crippen LogP contribution in [0.2, 0.25) is 0 Å². The fourth-order valence-corrected chi connectivity index (χ4v) is 4.85. The number of pyridine rings is 2. The van der Waals surface area contributed by atoms with Gasteiger partial charge in [0.15, 0.2) is 0 Å². The highest BCUT2D eigenvalue weighted by atomic mass is 15.0. The summed E-state index contributed by atoms with van der Waals surface area (Å²) in [5.41, 5.74) is 8.85. The molecule has 0 saturated carbocycles. The lowest BCUT2D eigenvalue weighted by Gasteiger charge is -2.21. The van der Waals surface area contributed by atoms with E-state index < -0.39 is 0 Å². The van der Waals surface area contributed by atoms with Crippen LogP contribution >= 0.6 is 0 Å². The molecule has 0 aliphatic heterocycles. The standard InChI is InChI=1S/C27H21N3/c1-27(2)22-8-4-3-7-20(22)26-21-13-15-30(24(21)11-10-23(26)27)25-12-9-19(17-29-25)18-6-5-14-28-16-18/h3-17H,1-2H3. The summed E-state index contributed by atoms with van der Waals surface area (Å²) in [5, 5.41) is 1.28. The Labute approximate surface area is 175 Å². The van der Waals surface area contributed by atoms with Crippen molar-refractivity contribution < 1.29 is 0 Å². The molecule has 0 bridgehead atoms. The van der Waals surface area contributed by atoms with Crippen molar-refractivity contribution >= 4 is 10.9 Å². The van der Waals surface area contributed by atoms with Crippen LogP contribution < -0.4 is 0 Å². The number of fused-ring (bicyclic) bond motifs is 5. The molecule has 3 heterocycles. The van der Waals surface area contributed by atoms with Crippen LogP contribution in [0, 0.1) is 0 Å². The zero-order chi connectivity index (χ0) is 20.3. The lowest BCUT2D eigenvalue weighted by atomic mass is 9.82. The van der Waals surface area contributed by atoms with Crippen molar-refractivity contribution in [3.8, 4) is 28.1 Å². The molecule has 0 fully saturated rings. The Hall–Kier alpha value is -3.72. The van der Waals surface area contributed by atoms with E-state index in [1.165, 1.54) is 33.2 Å². The maximum atomic E-state index is 4.75. The first-order valence-electron chi connectivity index (χ1n) is 10.3. The molecule has 144 valence electrons. The molecule has 3 heteroatoms. The van der Waals surface area contributed by atoms with E-state index in [4.69, 9.17) is 4.98 Å². The van der Waals surface area contributed by atoms with Crippen LogP contribution in [-0.2, 0) is 5.41 Å². The SMILES string of the molecule is CC1(C)c2ccccc2-c2c1ccc1c2ccn1-c1ccc(-c2cccnc2)cn1. The molecule has 0 atom stereocenters. The highest BCUT2D eigenvalue weighted by molar-refractivity contribution is 6.02. The summed E-state index contributed by atoms with van der Waals surface area (Å²) in [6.07, 6.45) is 7.70. The second-order valence-corrected chi connectivity index (χ2v) is 8.42. The first kappa shape index (κ1) is 17.2. The van der Waals surface area contributed by atoms with Gasteiger partial charge in [-0.15, -0.1) is 0 Å². The molecule has 3 aromatic heterocycles. The zero-order valence-corrected chi connectivity index (χ0v) is 17.0. The molecule has 30 heavy (non-hydrogen) atoms. The van der Waals surface area contributed by atoms with E-state index >= 15 is 0 Å². The summed E-state index contributed by atoms with van der Waals surface area (Å²) in [6, 6.07) is 23.7. The minimum absolute atomic E-state index is 0.0197. The predicted octanol–water partition coefficient (Wildman–Crippen LogP) is 6.39. The molecule has 0 unspecified atom stereocenters. The van der Waals surface area contributed by atoms with E-state index in [9.17, 15) is 0 Å².